The van der Waals surface area contributed by atoms with E-state index in [0.29, 0.717) is 12.3 Å². The van der Waals surface area contributed by atoms with E-state index in [1.807, 2.05) is 18.2 Å². The largest absolute Gasteiger partial charge is 0.480 e. The number of allylic oxidation sites excluding steroid dienone is 3. The molecule has 2 aliphatic rings. The van der Waals surface area contributed by atoms with Crippen molar-refractivity contribution in [2.75, 3.05) is 0 Å². The molecule has 0 aromatic rings. The van der Waals surface area contributed by atoms with Gasteiger partial charge in [-0.25, -0.2) is 4.79 Å². The fraction of sp³-hybridized carbons (Fsp3) is 0.375. The predicted molar refractivity (Wildman–Crippen MR) is 39.9 cm³/mol. The van der Waals surface area contributed by atoms with E-state index in [-0.39, 0.29) is 6.04 Å². The van der Waals surface area contributed by atoms with Gasteiger partial charge in [0.25, 0.3) is 0 Å². The summed E-state index contributed by atoms with van der Waals surface area (Å²) in [6.45, 7) is 0. The summed E-state index contributed by atoms with van der Waals surface area (Å²) in [4.78, 5) is 10.5. The van der Waals surface area contributed by atoms with Crippen molar-refractivity contribution in [3.8, 4) is 0 Å². The van der Waals surface area contributed by atoms with E-state index in [1.165, 1.54) is 0 Å². The first-order valence-corrected chi connectivity index (χ1v) is 3.65. The average molecular weight is 151 g/mol. The molecule has 2 atom stereocenters. The Kier molecular flexibility index (Phi) is 1.24. The molecule has 1 aliphatic carbocycles. The second-order valence-electron chi connectivity index (χ2n) is 2.88. The lowest BCUT2D eigenvalue weighted by Gasteiger charge is -2.02. The highest BCUT2D eigenvalue weighted by Gasteiger charge is 2.32. The summed E-state index contributed by atoms with van der Waals surface area (Å²) in [7, 11) is 0. The maximum atomic E-state index is 10.5. The quantitative estimate of drug-likeness (QED) is 0.573. The van der Waals surface area contributed by atoms with Gasteiger partial charge in [-0.2, -0.15) is 0 Å². The van der Waals surface area contributed by atoms with Crippen LogP contribution in [0.2, 0.25) is 0 Å². The second-order valence-corrected chi connectivity index (χ2v) is 2.88. The van der Waals surface area contributed by atoms with Crippen molar-refractivity contribution in [1.29, 1.82) is 0 Å². The molecule has 0 aromatic heterocycles. The first-order valence-electron chi connectivity index (χ1n) is 3.65. The van der Waals surface area contributed by atoms with Crippen LogP contribution >= 0.6 is 0 Å². The van der Waals surface area contributed by atoms with Gasteiger partial charge in [-0.1, -0.05) is 12.2 Å². The zero-order valence-corrected chi connectivity index (χ0v) is 5.95. The van der Waals surface area contributed by atoms with Gasteiger partial charge in [0.1, 0.15) is 6.04 Å². The predicted octanol–water partition coefficient (Wildman–Crippen LogP) is 0.503. The molecule has 0 bridgehead atoms. The summed E-state index contributed by atoms with van der Waals surface area (Å²) in [5.41, 5.74) is 1.05. The zero-order valence-electron chi connectivity index (χ0n) is 5.95. The fourth-order valence-corrected chi connectivity index (χ4v) is 1.56. The van der Waals surface area contributed by atoms with Crippen LogP contribution in [0.15, 0.2) is 23.9 Å². The summed E-state index contributed by atoms with van der Waals surface area (Å²) in [6.07, 6.45) is 6.63. The average Bonchev–Trinajstić information content (AvgIpc) is 2.40. The molecule has 1 saturated heterocycles. The normalized spacial score (nSPS) is 32.9. The number of aliphatic carboxylic acids is 1. The number of carbonyl (C=O) groups is 1. The number of rotatable bonds is 1. The first-order chi connectivity index (χ1) is 5.27. The van der Waals surface area contributed by atoms with Crippen molar-refractivity contribution in [2.45, 2.75) is 12.5 Å². The van der Waals surface area contributed by atoms with Gasteiger partial charge in [0.2, 0.25) is 0 Å². The Hall–Kier alpha value is -1.25. The summed E-state index contributed by atoms with van der Waals surface area (Å²) in [5.74, 6) is -0.426. The molecule has 0 spiro atoms. The highest BCUT2D eigenvalue weighted by Crippen LogP contribution is 2.28. The van der Waals surface area contributed by atoms with Crippen LogP contribution in [0.1, 0.15) is 6.42 Å². The van der Waals surface area contributed by atoms with Crippen LogP contribution in [0.3, 0.4) is 0 Å². The van der Waals surface area contributed by atoms with E-state index in [1.54, 1.807) is 0 Å². The third kappa shape index (κ3) is 0.926. The Morgan fingerprint density at radius 3 is 3.18 bits per heavy atom. The van der Waals surface area contributed by atoms with E-state index in [9.17, 15) is 4.79 Å². The van der Waals surface area contributed by atoms with Gasteiger partial charge in [-0.3, -0.25) is 0 Å². The monoisotopic (exact) mass is 151 g/mol. The molecule has 2 unspecified atom stereocenters. The number of carboxylic acid groups (broad SMARTS) is 1. The van der Waals surface area contributed by atoms with Crippen molar-refractivity contribution in [3.63, 3.8) is 0 Å². The van der Waals surface area contributed by atoms with E-state index in [0.717, 1.165) is 5.70 Å². The topological polar surface area (TPSA) is 49.3 Å². The van der Waals surface area contributed by atoms with E-state index < -0.39 is 5.97 Å². The smallest absolute Gasteiger partial charge is 0.326 e. The van der Waals surface area contributed by atoms with Crippen LogP contribution in [-0.2, 0) is 4.79 Å². The summed E-state index contributed by atoms with van der Waals surface area (Å²) in [6, 6.07) is -0.379. The van der Waals surface area contributed by atoms with Gasteiger partial charge < -0.3 is 10.4 Å². The Morgan fingerprint density at radius 1 is 1.73 bits per heavy atom. The highest BCUT2D eigenvalue weighted by atomic mass is 16.4. The SMILES string of the molecule is O=C(O)C1CC2C=CC=C2N1. The van der Waals surface area contributed by atoms with Gasteiger partial charge in [0.15, 0.2) is 0 Å². The van der Waals surface area contributed by atoms with Gasteiger partial charge in [-0.05, 0) is 12.5 Å². The minimum absolute atomic E-state index is 0.330. The molecule has 3 nitrogen and oxygen atoms in total. The maximum absolute atomic E-state index is 10.5. The number of fused-ring (bicyclic) bond motifs is 1. The van der Waals surface area contributed by atoms with Gasteiger partial charge in [-0.15, -0.1) is 0 Å². The van der Waals surface area contributed by atoms with Crippen molar-refractivity contribution in [2.24, 2.45) is 5.92 Å². The van der Waals surface area contributed by atoms with E-state index >= 15 is 0 Å². The van der Waals surface area contributed by atoms with Crippen LogP contribution in [0.4, 0.5) is 0 Å². The highest BCUT2D eigenvalue weighted by molar-refractivity contribution is 5.75. The lowest BCUT2D eigenvalue weighted by atomic mass is 10.1. The molecular formula is C8H9NO2. The Morgan fingerprint density at radius 2 is 2.55 bits per heavy atom. The number of carboxylic acids is 1. The first kappa shape index (κ1) is 6.46. The number of nitrogens with one attached hydrogen (secondary N) is 1. The van der Waals surface area contributed by atoms with E-state index in [4.69, 9.17) is 5.11 Å². The van der Waals surface area contributed by atoms with Crippen molar-refractivity contribution in [1.82, 2.24) is 5.32 Å². The van der Waals surface area contributed by atoms with Crippen molar-refractivity contribution >= 4 is 5.97 Å². The molecule has 2 rings (SSSR count). The third-order valence-corrected chi connectivity index (χ3v) is 2.15. The van der Waals surface area contributed by atoms with E-state index in [2.05, 4.69) is 5.32 Å². The molecule has 0 radical (unpaired) electrons. The lowest BCUT2D eigenvalue weighted by Crippen LogP contribution is -2.29. The molecule has 11 heavy (non-hydrogen) atoms. The third-order valence-electron chi connectivity index (χ3n) is 2.15. The summed E-state index contributed by atoms with van der Waals surface area (Å²) >= 11 is 0. The van der Waals surface area contributed by atoms with Crippen molar-refractivity contribution in [3.05, 3.63) is 23.9 Å². The zero-order chi connectivity index (χ0) is 7.84. The van der Waals surface area contributed by atoms with Crippen LogP contribution in [-0.4, -0.2) is 17.1 Å². The van der Waals surface area contributed by atoms with Gasteiger partial charge >= 0.3 is 5.97 Å². The minimum atomic E-state index is -0.756. The summed E-state index contributed by atoms with van der Waals surface area (Å²) < 4.78 is 0. The maximum Gasteiger partial charge on any atom is 0.326 e. The minimum Gasteiger partial charge on any atom is -0.480 e. The van der Waals surface area contributed by atoms with Crippen LogP contribution in [0.25, 0.3) is 0 Å². The molecule has 1 aliphatic heterocycles. The van der Waals surface area contributed by atoms with Crippen LogP contribution in [0.5, 0.6) is 0 Å². The molecule has 1 heterocycles. The molecule has 3 heteroatoms. The molecule has 1 fully saturated rings. The van der Waals surface area contributed by atoms with Gasteiger partial charge in [0.05, 0.1) is 0 Å². The number of hydrogen-bond acceptors (Lipinski definition) is 2. The fourth-order valence-electron chi connectivity index (χ4n) is 1.56. The van der Waals surface area contributed by atoms with Crippen molar-refractivity contribution < 1.29 is 9.90 Å². The Balaban J connectivity index is 2.12. The lowest BCUT2D eigenvalue weighted by molar-refractivity contribution is -0.139. The molecule has 0 amide bonds. The summed E-state index contributed by atoms with van der Waals surface area (Å²) in [5, 5.41) is 11.6. The Labute approximate surface area is 64.4 Å². The number of hydrogen-bond donors (Lipinski definition) is 2. The van der Waals surface area contributed by atoms with Crippen LogP contribution in [0, 0.1) is 5.92 Å². The molecule has 0 saturated carbocycles. The molecule has 2 N–H and O–H groups in total. The molecule has 0 aromatic carbocycles. The van der Waals surface area contributed by atoms with Crippen LogP contribution < -0.4 is 5.32 Å². The van der Waals surface area contributed by atoms with Gasteiger partial charge in [0, 0.05) is 11.6 Å². The molecule has 58 valence electrons. The Bertz CT molecular complexity index is 255. The molecular weight excluding hydrogens is 142 g/mol. The second kappa shape index (κ2) is 2.12. The standard InChI is InChI=1S/C8H9NO2/c10-8(11)7-4-5-2-1-3-6(5)9-7/h1-3,5,7,9H,4H2,(H,10,11).